The standard InChI is InChI=1S/C28H26F4O3/c1-33-19-8-6-18(7-9-19)21-11-10-20(25(29)26(21)30)17-4-2-16(3-5-17)14-34-23-13-12-22(24-15-35-24)27(31)28(23)32/h2-5,10-13,18-19,24H,6-9,14-15H2,1H3. The van der Waals surface area contributed by atoms with Crippen molar-refractivity contribution in [1.29, 1.82) is 0 Å². The second-order valence-corrected chi connectivity index (χ2v) is 9.13. The van der Waals surface area contributed by atoms with E-state index in [0.717, 1.165) is 25.7 Å². The number of hydrogen-bond donors (Lipinski definition) is 0. The molecule has 1 saturated heterocycles. The van der Waals surface area contributed by atoms with Gasteiger partial charge in [-0.15, -0.1) is 0 Å². The number of benzene rings is 3. The Kier molecular flexibility index (Phi) is 6.80. The first-order chi connectivity index (χ1) is 17.0. The predicted molar refractivity (Wildman–Crippen MR) is 123 cm³/mol. The van der Waals surface area contributed by atoms with E-state index in [-0.39, 0.29) is 35.5 Å². The summed E-state index contributed by atoms with van der Waals surface area (Å²) in [7, 11) is 1.68. The first-order valence-electron chi connectivity index (χ1n) is 11.8. The maximum absolute atomic E-state index is 15.0. The van der Waals surface area contributed by atoms with Crippen LogP contribution in [0.15, 0.2) is 48.5 Å². The van der Waals surface area contributed by atoms with Gasteiger partial charge in [0, 0.05) is 18.2 Å². The molecule has 0 bridgehead atoms. The van der Waals surface area contributed by atoms with Crippen LogP contribution in [-0.4, -0.2) is 19.8 Å². The van der Waals surface area contributed by atoms with Crippen molar-refractivity contribution in [2.24, 2.45) is 0 Å². The van der Waals surface area contributed by atoms with Crippen LogP contribution in [0.25, 0.3) is 11.1 Å². The van der Waals surface area contributed by atoms with Crippen molar-refractivity contribution in [3.05, 3.63) is 88.5 Å². The second kappa shape index (κ2) is 9.99. The van der Waals surface area contributed by atoms with Gasteiger partial charge in [0.05, 0.1) is 12.7 Å². The van der Waals surface area contributed by atoms with Crippen LogP contribution in [0.3, 0.4) is 0 Å². The van der Waals surface area contributed by atoms with Crippen molar-refractivity contribution in [2.45, 2.75) is 50.4 Å². The van der Waals surface area contributed by atoms with Crippen LogP contribution in [0.5, 0.6) is 5.75 Å². The number of epoxide rings is 1. The highest BCUT2D eigenvalue weighted by molar-refractivity contribution is 5.65. The fourth-order valence-corrected chi connectivity index (χ4v) is 4.79. The van der Waals surface area contributed by atoms with Gasteiger partial charge < -0.3 is 14.2 Å². The lowest BCUT2D eigenvalue weighted by Gasteiger charge is -2.28. The molecule has 3 aromatic rings. The average Bonchev–Trinajstić information content (AvgIpc) is 3.72. The Hall–Kier alpha value is -2.90. The maximum Gasteiger partial charge on any atom is 0.201 e. The largest absolute Gasteiger partial charge is 0.486 e. The molecule has 0 radical (unpaired) electrons. The molecule has 0 aromatic heterocycles. The highest BCUT2D eigenvalue weighted by atomic mass is 19.2. The summed E-state index contributed by atoms with van der Waals surface area (Å²) in [5.41, 5.74) is 1.97. The summed E-state index contributed by atoms with van der Waals surface area (Å²) in [5, 5.41) is 0. The molecule has 3 nitrogen and oxygen atoms in total. The van der Waals surface area contributed by atoms with E-state index in [0.29, 0.717) is 23.3 Å². The number of hydrogen-bond acceptors (Lipinski definition) is 3. The first-order valence-corrected chi connectivity index (χ1v) is 11.8. The van der Waals surface area contributed by atoms with E-state index in [1.165, 1.54) is 12.1 Å². The molecule has 1 heterocycles. The van der Waals surface area contributed by atoms with E-state index in [4.69, 9.17) is 14.2 Å². The van der Waals surface area contributed by atoms with Crippen LogP contribution in [0, 0.1) is 23.3 Å². The van der Waals surface area contributed by atoms with Crippen LogP contribution in [0.2, 0.25) is 0 Å². The van der Waals surface area contributed by atoms with Gasteiger partial charge in [-0.05, 0) is 60.4 Å². The number of rotatable bonds is 7. The highest BCUT2D eigenvalue weighted by Gasteiger charge is 2.30. The van der Waals surface area contributed by atoms with Crippen molar-refractivity contribution >= 4 is 0 Å². The van der Waals surface area contributed by atoms with Crippen LogP contribution >= 0.6 is 0 Å². The third-order valence-electron chi connectivity index (χ3n) is 6.98. The minimum atomic E-state index is -1.05. The molecule has 7 heteroatoms. The van der Waals surface area contributed by atoms with E-state index in [9.17, 15) is 17.6 Å². The molecule has 1 saturated carbocycles. The summed E-state index contributed by atoms with van der Waals surface area (Å²) in [6, 6.07) is 12.8. The monoisotopic (exact) mass is 486 g/mol. The van der Waals surface area contributed by atoms with Gasteiger partial charge >= 0.3 is 0 Å². The van der Waals surface area contributed by atoms with Gasteiger partial charge in [-0.2, -0.15) is 4.39 Å². The Morgan fingerprint density at radius 3 is 2.09 bits per heavy atom. The number of ether oxygens (including phenoxy) is 3. The van der Waals surface area contributed by atoms with Crippen LogP contribution in [0.4, 0.5) is 17.6 Å². The Morgan fingerprint density at radius 1 is 0.771 bits per heavy atom. The molecule has 35 heavy (non-hydrogen) atoms. The topological polar surface area (TPSA) is 31.0 Å². The molecular weight excluding hydrogens is 460 g/mol. The van der Waals surface area contributed by atoms with Crippen molar-refractivity contribution < 1.29 is 31.8 Å². The number of methoxy groups -OCH3 is 1. The molecule has 1 atom stereocenters. The maximum atomic E-state index is 15.0. The van der Waals surface area contributed by atoms with Gasteiger partial charge in [0.2, 0.25) is 5.82 Å². The molecule has 184 valence electrons. The molecule has 3 aromatic carbocycles. The fourth-order valence-electron chi connectivity index (χ4n) is 4.79. The van der Waals surface area contributed by atoms with E-state index < -0.39 is 29.4 Å². The Morgan fingerprint density at radius 2 is 1.43 bits per heavy atom. The molecule has 0 N–H and O–H groups in total. The van der Waals surface area contributed by atoms with E-state index >= 15 is 0 Å². The van der Waals surface area contributed by atoms with E-state index in [1.54, 1.807) is 43.5 Å². The molecule has 0 spiro atoms. The van der Waals surface area contributed by atoms with E-state index in [1.807, 2.05) is 0 Å². The SMILES string of the molecule is COC1CCC(c2ccc(-c3ccc(COc4ccc(C5CO5)c(F)c4F)cc3)c(F)c2F)CC1. The van der Waals surface area contributed by atoms with Gasteiger partial charge in [-0.1, -0.05) is 36.4 Å². The quantitative estimate of drug-likeness (QED) is 0.261. The Bertz CT molecular complexity index is 1200. The van der Waals surface area contributed by atoms with E-state index in [2.05, 4.69) is 0 Å². The van der Waals surface area contributed by atoms with Crippen molar-refractivity contribution in [3.63, 3.8) is 0 Å². The zero-order valence-electron chi connectivity index (χ0n) is 19.3. The molecule has 2 fully saturated rings. The van der Waals surface area contributed by atoms with Gasteiger partial charge in [0.1, 0.15) is 12.7 Å². The summed E-state index contributed by atoms with van der Waals surface area (Å²) < 4.78 is 74.2. The van der Waals surface area contributed by atoms with Gasteiger partial charge in [0.25, 0.3) is 0 Å². The summed E-state index contributed by atoms with van der Waals surface area (Å²) in [6.45, 7) is 0.376. The molecular formula is C28H26F4O3. The minimum absolute atomic E-state index is 0.00412. The minimum Gasteiger partial charge on any atom is -0.486 e. The summed E-state index contributed by atoms with van der Waals surface area (Å²) in [4.78, 5) is 0. The average molecular weight is 487 g/mol. The lowest BCUT2D eigenvalue weighted by molar-refractivity contribution is 0.0655. The first kappa shape index (κ1) is 23.8. The summed E-state index contributed by atoms with van der Waals surface area (Å²) in [6.07, 6.45) is 3.01. The number of halogens is 4. The van der Waals surface area contributed by atoms with Gasteiger partial charge in [-0.3, -0.25) is 0 Å². The molecule has 1 unspecified atom stereocenters. The van der Waals surface area contributed by atoms with Crippen LogP contribution < -0.4 is 4.74 Å². The third kappa shape index (κ3) is 4.93. The van der Waals surface area contributed by atoms with Crippen molar-refractivity contribution in [2.75, 3.05) is 13.7 Å². The Labute approximate surface area is 201 Å². The molecule has 2 aliphatic rings. The Balaban J connectivity index is 1.26. The molecule has 1 aliphatic heterocycles. The van der Waals surface area contributed by atoms with Gasteiger partial charge in [0.15, 0.2) is 23.2 Å². The third-order valence-corrected chi connectivity index (χ3v) is 6.98. The molecule has 1 aliphatic carbocycles. The second-order valence-electron chi connectivity index (χ2n) is 9.13. The van der Waals surface area contributed by atoms with Crippen molar-refractivity contribution in [1.82, 2.24) is 0 Å². The van der Waals surface area contributed by atoms with Crippen LogP contribution in [-0.2, 0) is 16.1 Å². The zero-order valence-corrected chi connectivity index (χ0v) is 19.3. The predicted octanol–water partition coefficient (Wildman–Crippen LogP) is 7.23. The smallest absolute Gasteiger partial charge is 0.201 e. The molecule has 5 rings (SSSR count). The van der Waals surface area contributed by atoms with Crippen LogP contribution in [0.1, 0.15) is 54.4 Å². The summed E-state index contributed by atoms with van der Waals surface area (Å²) in [5.74, 6) is -3.89. The van der Waals surface area contributed by atoms with Gasteiger partial charge in [-0.25, -0.2) is 13.2 Å². The molecule has 0 amide bonds. The lowest BCUT2D eigenvalue weighted by atomic mass is 9.82. The summed E-state index contributed by atoms with van der Waals surface area (Å²) >= 11 is 0. The van der Waals surface area contributed by atoms with Crippen molar-refractivity contribution in [3.8, 4) is 16.9 Å². The zero-order chi connectivity index (χ0) is 24.5. The normalized spacial score (nSPS) is 21.7. The lowest BCUT2D eigenvalue weighted by Crippen LogP contribution is -2.20. The fraction of sp³-hybridized carbons (Fsp3) is 0.357. The highest BCUT2D eigenvalue weighted by Crippen LogP contribution is 2.38.